The van der Waals surface area contributed by atoms with Gasteiger partial charge in [-0.05, 0) is 44.1 Å². The van der Waals surface area contributed by atoms with Crippen LogP contribution in [0.25, 0.3) is 11.0 Å². The van der Waals surface area contributed by atoms with E-state index < -0.39 is 6.10 Å². The minimum absolute atomic E-state index is 0.156. The summed E-state index contributed by atoms with van der Waals surface area (Å²) < 4.78 is 7.55. The van der Waals surface area contributed by atoms with Gasteiger partial charge in [0.05, 0.1) is 18.1 Å². The number of amides is 1. The molecular formula is C23H30N6O2S. The highest BCUT2D eigenvalue weighted by molar-refractivity contribution is 7.99. The van der Waals surface area contributed by atoms with Crippen LogP contribution in [0.3, 0.4) is 0 Å². The van der Waals surface area contributed by atoms with Crippen LogP contribution < -0.4 is 15.0 Å². The molecule has 9 heteroatoms. The van der Waals surface area contributed by atoms with Crippen molar-refractivity contribution >= 4 is 34.5 Å². The van der Waals surface area contributed by atoms with Crippen molar-refractivity contribution in [3.05, 3.63) is 36.5 Å². The van der Waals surface area contributed by atoms with Gasteiger partial charge in [-0.2, -0.15) is 5.10 Å². The average Bonchev–Trinajstić information content (AvgIpc) is 3.23. The number of nitrogens with zero attached hydrogens (tertiary/aromatic N) is 5. The fraction of sp³-hybridized carbons (Fsp3) is 0.478. The summed E-state index contributed by atoms with van der Waals surface area (Å²) in [6.07, 6.45) is 4.92. The molecule has 170 valence electrons. The molecule has 1 N–H and O–H groups in total. The smallest absolute Gasteiger partial charge is 0.260 e. The molecule has 1 saturated heterocycles. The van der Waals surface area contributed by atoms with E-state index in [9.17, 15) is 4.79 Å². The highest BCUT2D eigenvalue weighted by Gasteiger charge is 2.20. The van der Waals surface area contributed by atoms with Gasteiger partial charge in [0.25, 0.3) is 5.91 Å². The number of hydrogen-bond donors (Lipinski definition) is 1. The Balaban J connectivity index is 1.43. The van der Waals surface area contributed by atoms with Crippen LogP contribution in [-0.2, 0) is 11.3 Å². The third-order valence-corrected chi connectivity index (χ3v) is 6.16. The molecule has 0 spiro atoms. The number of anilines is 1. The Morgan fingerprint density at radius 3 is 2.72 bits per heavy atom. The Hall–Kier alpha value is -2.81. The molecule has 2 aromatic heterocycles. The van der Waals surface area contributed by atoms with E-state index in [1.165, 1.54) is 19.3 Å². The zero-order valence-corrected chi connectivity index (χ0v) is 19.5. The summed E-state index contributed by atoms with van der Waals surface area (Å²) in [5, 5.41) is 9.24. The van der Waals surface area contributed by atoms with Crippen LogP contribution in [0.1, 0.15) is 33.1 Å². The maximum Gasteiger partial charge on any atom is 0.260 e. The zero-order chi connectivity index (χ0) is 22.3. The van der Waals surface area contributed by atoms with Crippen molar-refractivity contribution in [2.75, 3.05) is 30.3 Å². The van der Waals surface area contributed by atoms with Crippen LogP contribution in [0.4, 0.5) is 5.82 Å². The van der Waals surface area contributed by atoms with E-state index in [1.807, 2.05) is 41.2 Å². The number of carbonyl (C=O) groups is 1. The van der Waals surface area contributed by atoms with Gasteiger partial charge in [-0.3, -0.25) is 4.79 Å². The van der Waals surface area contributed by atoms with Crippen molar-refractivity contribution < 1.29 is 9.53 Å². The number of thioether (sulfide) groups is 1. The van der Waals surface area contributed by atoms with Gasteiger partial charge in [0.2, 0.25) is 0 Å². The van der Waals surface area contributed by atoms with Crippen molar-refractivity contribution in [1.82, 2.24) is 25.1 Å². The molecule has 3 heterocycles. The highest BCUT2D eigenvalue weighted by atomic mass is 32.2. The van der Waals surface area contributed by atoms with E-state index in [1.54, 1.807) is 18.7 Å². The molecule has 8 nitrogen and oxygen atoms in total. The third-order valence-electron chi connectivity index (χ3n) is 5.43. The number of rotatable bonds is 9. The molecule has 32 heavy (non-hydrogen) atoms. The highest BCUT2D eigenvalue weighted by Crippen LogP contribution is 2.29. The summed E-state index contributed by atoms with van der Waals surface area (Å²) in [5.41, 5.74) is 0.819. The Morgan fingerprint density at radius 2 is 1.97 bits per heavy atom. The molecule has 1 unspecified atom stereocenters. The average molecular weight is 455 g/mol. The van der Waals surface area contributed by atoms with Gasteiger partial charge in [-0.1, -0.05) is 36.9 Å². The molecule has 0 aliphatic carbocycles. The summed E-state index contributed by atoms with van der Waals surface area (Å²) in [4.78, 5) is 24.4. The lowest BCUT2D eigenvalue weighted by Crippen LogP contribution is -2.38. The number of piperidine rings is 1. The maximum atomic E-state index is 12.4. The molecule has 3 aromatic rings. The van der Waals surface area contributed by atoms with Crippen LogP contribution in [0, 0.1) is 0 Å². The lowest BCUT2D eigenvalue weighted by molar-refractivity contribution is -0.127. The number of fused-ring (bicyclic) bond motifs is 1. The van der Waals surface area contributed by atoms with Crippen LogP contribution in [0.2, 0.25) is 0 Å². The van der Waals surface area contributed by atoms with Gasteiger partial charge in [0.1, 0.15) is 11.6 Å². The van der Waals surface area contributed by atoms with E-state index >= 15 is 0 Å². The Labute approximate surface area is 192 Å². The molecule has 0 saturated carbocycles. The molecule has 1 aromatic carbocycles. The van der Waals surface area contributed by atoms with E-state index in [2.05, 4.69) is 22.2 Å². The number of hydrogen-bond acceptors (Lipinski definition) is 7. The minimum Gasteiger partial charge on any atom is -0.481 e. The first-order valence-corrected chi connectivity index (χ1v) is 12.2. The predicted molar refractivity (Wildman–Crippen MR) is 127 cm³/mol. The molecule has 1 fully saturated rings. The SMILES string of the molecule is CCSc1nc(N2CCCCC2)c2cnn(CCNC(=O)C(C)Oc3ccccc3)c2n1. The van der Waals surface area contributed by atoms with E-state index in [4.69, 9.17) is 14.7 Å². The molecule has 1 aliphatic heterocycles. The molecule has 0 radical (unpaired) electrons. The van der Waals surface area contributed by atoms with Gasteiger partial charge in [0.15, 0.2) is 16.9 Å². The first-order valence-electron chi connectivity index (χ1n) is 11.3. The van der Waals surface area contributed by atoms with Gasteiger partial charge < -0.3 is 15.0 Å². The second-order valence-electron chi connectivity index (χ2n) is 7.78. The topological polar surface area (TPSA) is 85.2 Å². The van der Waals surface area contributed by atoms with E-state index in [0.717, 1.165) is 40.9 Å². The Bertz CT molecular complexity index is 1040. The normalized spacial score (nSPS) is 15.0. The third kappa shape index (κ3) is 5.32. The lowest BCUT2D eigenvalue weighted by atomic mass is 10.1. The predicted octanol–water partition coefficient (Wildman–Crippen LogP) is 3.51. The quantitative estimate of drug-likeness (QED) is 0.391. The molecular weight excluding hydrogens is 424 g/mol. The first kappa shape index (κ1) is 22.4. The molecule has 1 aliphatic rings. The lowest BCUT2D eigenvalue weighted by Gasteiger charge is -2.28. The minimum atomic E-state index is -0.577. The number of ether oxygens (including phenoxy) is 1. The number of carbonyl (C=O) groups excluding carboxylic acids is 1. The molecule has 4 rings (SSSR count). The Morgan fingerprint density at radius 1 is 1.19 bits per heavy atom. The van der Waals surface area contributed by atoms with Crippen LogP contribution in [-0.4, -0.2) is 57.1 Å². The second kappa shape index (κ2) is 10.7. The number of aromatic nitrogens is 4. The van der Waals surface area contributed by atoms with Crippen molar-refractivity contribution in [2.24, 2.45) is 0 Å². The van der Waals surface area contributed by atoms with E-state index in [0.29, 0.717) is 18.8 Å². The maximum absolute atomic E-state index is 12.4. The van der Waals surface area contributed by atoms with Gasteiger partial charge >= 0.3 is 0 Å². The summed E-state index contributed by atoms with van der Waals surface area (Å²) in [6.45, 7) is 6.85. The largest absolute Gasteiger partial charge is 0.481 e. The number of para-hydroxylation sites is 1. The van der Waals surface area contributed by atoms with Crippen LogP contribution in [0.5, 0.6) is 5.75 Å². The monoisotopic (exact) mass is 454 g/mol. The summed E-state index contributed by atoms with van der Waals surface area (Å²) in [7, 11) is 0. The van der Waals surface area contributed by atoms with Gasteiger partial charge in [-0.15, -0.1) is 0 Å². The second-order valence-corrected chi connectivity index (χ2v) is 9.01. The summed E-state index contributed by atoms with van der Waals surface area (Å²) in [6, 6.07) is 9.36. The first-order chi connectivity index (χ1) is 15.7. The molecule has 0 bridgehead atoms. The van der Waals surface area contributed by atoms with Crippen molar-refractivity contribution in [3.63, 3.8) is 0 Å². The zero-order valence-electron chi connectivity index (χ0n) is 18.7. The van der Waals surface area contributed by atoms with Crippen molar-refractivity contribution in [2.45, 2.75) is 50.9 Å². The standard InChI is InChI=1S/C23H30N6O2S/c1-3-32-23-26-20(28-13-8-5-9-14-28)19-16-25-29(21(19)27-23)15-12-24-22(30)17(2)31-18-10-6-4-7-11-18/h4,6-7,10-11,16-17H,3,5,8-9,12-15H2,1-2H3,(H,24,30). The molecule has 1 amide bonds. The fourth-order valence-electron chi connectivity index (χ4n) is 3.81. The van der Waals surface area contributed by atoms with Crippen molar-refractivity contribution in [1.29, 1.82) is 0 Å². The van der Waals surface area contributed by atoms with Crippen LogP contribution >= 0.6 is 11.8 Å². The summed E-state index contributed by atoms with van der Waals surface area (Å²) in [5.74, 6) is 2.41. The molecule has 1 atom stereocenters. The van der Waals surface area contributed by atoms with E-state index in [-0.39, 0.29) is 5.91 Å². The number of nitrogens with one attached hydrogen (secondary N) is 1. The van der Waals surface area contributed by atoms with Crippen LogP contribution in [0.15, 0.2) is 41.7 Å². The summed E-state index contributed by atoms with van der Waals surface area (Å²) >= 11 is 1.64. The van der Waals surface area contributed by atoms with Gasteiger partial charge in [-0.25, -0.2) is 14.6 Å². The van der Waals surface area contributed by atoms with Crippen molar-refractivity contribution in [3.8, 4) is 5.75 Å². The van der Waals surface area contributed by atoms with Gasteiger partial charge in [0, 0.05) is 19.6 Å². The Kier molecular flexibility index (Phi) is 7.47. The number of benzene rings is 1. The fourth-order valence-corrected chi connectivity index (χ4v) is 4.37.